The van der Waals surface area contributed by atoms with Crippen LogP contribution in [0, 0.1) is 17.8 Å². The Balaban J connectivity index is 1.05. The first kappa shape index (κ1) is 22.5. The van der Waals surface area contributed by atoms with Crippen molar-refractivity contribution in [2.45, 2.75) is 133 Å². The van der Waals surface area contributed by atoms with Gasteiger partial charge in [0.25, 0.3) is 0 Å². The van der Waals surface area contributed by atoms with Crippen LogP contribution in [0.5, 0.6) is 0 Å². The summed E-state index contributed by atoms with van der Waals surface area (Å²) in [4.78, 5) is 0. The maximum atomic E-state index is 5.85. The molecule has 0 radical (unpaired) electrons. The molecule has 9 unspecified atom stereocenters. The fraction of sp³-hybridized carbons (Fsp3) is 0.800. The lowest BCUT2D eigenvalue weighted by atomic mass is 9.80. The van der Waals surface area contributed by atoms with Gasteiger partial charge in [-0.15, -0.1) is 0 Å². The van der Waals surface area contributed by atoms with Crippen molar-refractivity contribution in [1.29, 1.82) is 0 Å². The summed E-state index contributed by atoms with van der Waals surface area (Å²) in [7, 11) is 1.18. The van der Waals surface area contributed by atoms with Crippen molar-refractivity contribution < 1.29 is 14.2 Å². The first-order valence-electron chi connectivity index (χ1n) is 14.8. The van der Waals surface area contributed by atoms with Crippen LogP contribution in [0.1, 0.15) is 93.7 Å². The third-order valence-corrected chi connectivity index (χ3v) is 11.5. The predicted octanol–water partition coefficient (Wildman–Crippen LogP) is 4.18. The van der Waals surface area contributed by atoms with Gasteiger partial charge in [-0.2, -0.15) is 0 Å². The third-order valence-electron chi connectivity index (χ3n) is 10.5. The Bertz CT molecular complexity index is 901. The van der Waals surface area contributed by atoms with E-state index in [2.05, 4.69) is 12.1 Å². The van der Waals surface area contributed by atoms with Crippen LogP contribution in [0.25, 0.3) is 0 Å². The molecule has 6 fully saturated rings. The Morgan fingerprint density at radius 3 is 1.53 bits per heavy atom. The smallest absolute Gasteiger partial charge is 0.0844 e. The molecule has 1 aromatic rings. The van der Waals surface area contributed by atoms with Crippen LogP contribution in [-0.4, -0.2) is 46.9 Å². The average Bonchev–Trinajstić information content (AvgIpc) is 3.73. The molecular weight excluding hydrogens is 436 g/mol. The molecule has 3 aliphatic heterocycles. The predicted molar refractivity (Wildman–Crippen MR) is 139 cm³/mol. The van der Waals surface area contributed by atoms with Crippen molar-refractivity contribution in [3.8, 4) is 0 Å². The lowest BCUT2D eigenvalue weighted by molar-refractivity contribution is 0.347. The second kappa shape index (κ2) is 9.32. The standard InChI is InChI=1S/C30H44O3Si/c34-30-14-8-21(7-1-18-4-11-24-27(15-18)31-24)22(9-2-19-5-12-25-28(16-19)32-25)23(30)10-3-20-6-13-26-29(17-20)33-26/h8,14,18-20,24-29H,1-7,9-13,15-17H2,34H3. The van der Waals surface area contributed by atoms with Crippen molar-refractivity contribution in [3.63, 3.8) is 0 Å². The summed E-state index contributed by atoms with van der Waals surface area (Å²) in [5.74, 6) is 2.65. The van der Waals surface area contributed by atoms with E-state index in [4.69, 9.17) is 14.2 Å². The van der Waals surface area contributed by atoms with Gasteiger partial charge >= 0.3 is 0 Å². The maximum absolute atomic E-state index is 5.85. The fourth-order valence-electron chi connectivity index (χ4n) is 8.06. The molecule has 0 amide bonds. The van der Waals surface area contributed by atoms with Gasteiger partial charge < -0.3 is 14.2 Å². The van der Waals surface area contributed by atoms with Crippen LogP contribution in [0.15, 0.2) is 12.1 Å². The van der Waals surface area contributed by atoms with Gasteiger partial charge in [0.15, 0.2) is 0 Å². The number of hydrogen-bond donors (Lipinski definition) is 0. The zero-order valence-electron chi connectivity index (χ0n) is 21.2. The molecule has 0 spiro atoms. The molecule has 0 bridgehead atoms. The van der Waals surface area contributed by atoms with Gasteiger partial charge in [-0.1, -0.05) is 17.3 Å². The molecule has 3 nitrogen and oxygen atoms in total. The molecule has 3 aliphatic carbocycles. The van der Waals surface area contributed by atoms with Gasteiger partial charge in [-0.05, 0) is 131 Å². The van der Waals surface area contributed by atoms with Crippen molar-refractivity contribution in [2.24, 2.45) is 17.8 Å². The largest absolute Gasteiger partial charge is 0.370 e. The second-order valence-corrected chi connectivity index (χ2v) is 13.9. The normalized spacial score (nSPS) is 41.9. The van der Waals surface area contributed by atoms with Gasteiger partial charge in [0.2, 0.25) is 0 Å². The highest BCUT2D eigenvalue weighted by atomic mass is 28.1. The van der Waals surface area contributed by atoms with Crippen molar-refractivity contribution in [2.75, 3.05) is 0 Å². The van der Waals surface area contributed by atoms with E-state index in [9.17, 15) is 0 Å². The summed E-state index contributed by atoms with van der Waals surface area (Å²) in [6, 6.07) is 5.04. The van der Waals surface area contributed by atoms with E-state index in [1.165, 1.54) is 107 Å². The van der Waals surface area contributed by atoms with Crippen LogP contribution in [0.3, 0.4) is 0 Å². The zero-order valence-corrected chi connectivity index (χ0v) is 23.2. The molecule has 9 atom stereocenters. The number of epoxide rings is 3. The molecule has 3 saturated heterocycles. The van der Waals surface area contributed by atoms with Gasteiger partial charge in [0.1, 0.15) is 0 Å². The van der Waals surface area contributed by atoms with Crippen LogP contribution in [0.2, 0.25) is 0 Å². The molecule has 0 aromatic heterocycles. The molecule has 6 aliphatic rings. The minimum absolute atomic E-state index is 0.613. The Morgan fingerprint density at radius 2 is 1.03 bits per heavy atom. The number of hydrogen-bond acceptors (Lipinski definition) is 3. The van der Waals surface area contributed by atoms with Crippen molar-refractivity contribution >= 4 is 15.4 Å². The van der Waals surface area contributed by atoms with Gasteiger partial charge in [0.05, 0.1) is 36.6 Å². The van der Waals surface area contributed by atoms with Crippen molar-refractivity contribution in [3.05, 3.63) is 28.8 Å². The summed E-state index contributed by atoms with van der Waals surface area (Å²) >= 11 is 0. The molecule has 34 heavy (non-hydrogen) atoms. The molecule has 186 valence electrons. The summed E-state index contributed by atoms with van der Waals surface area (Å²) in [6.45, 7) is 0. The number of rotatable bonds is 9. The SMILES string of the molecule is [SiH3]c1ccc(CCC2CCC3OC3C2)c(CCC2CCC3OC3C2)c1CCC1CCC2OC2C1. The Morgan fingerprint density at radius 1 is 0.559 bits per heavy atom. The highest BCUT2D eigenvalue weighted by molar-refractivity contribution is 6.33. The minimum Gasteiger partial charge on any atom is -0.370 e. The Labute approximate surface area is 209 Å². The first-order valence-corrected chi connectivity index (χ1v) is 15.8. The van der Waals surface area contributed by atoms with E-state index >= 15 is 0 Å². The highest BCUT2D eigenvalue weighted by Gasteiger charge is 2.45. The zero-order chi connectivity index (χ0) is 22.6. The van der Waals surface area contributed by atoms with Gasteiger partial charge in [-0.3, -0.25) is 0 Å². The summed E-state index contributed by atoms with van der Waals surface area (Å²) < 4.78 is 17.5. The lowest BCUT2D eigenvalue weighted by Crippen LogP contribution is -2.21. The Kier molecular flexibility index (Phi) is 6.17. The third kappa shape index (κ3) is 4.94. The quantitative estimate of drug-likeness (QED) is 0.393. The summed E-state index contributed by atoms with van der Waals surface area (Å²) in [6.07, 6.45) is 23.8. The topological polar surface area (TPSA) is 37.6 Å². The van der Waals surface area contributed by atoms with Gasteiger partial charge in [0, 0.05) is 10.2 Å². The van der Waals surface area contributed by atoms with Gasteiger partial charge in [-0.25, -0.2) is 0 Å². The van der Waals surface area contributed by atoms with E-state index in [0.717, 1.165) is 17.8 Å². The Hall–Kier alpha value is -0.683. The van der Waals surface area contributed by atoms with E-state index in [1.807, 2.05) is 0 Å². The van der Waals surface area contributed by atoms with E-state index in [1.54, 1.807) is 21.9 Å². The molecule has 4 heteroatoms. The average molecular weight is 481 g/mol. The minimum atomic E-state index is 0.613. The van der Waals surface area contributed by atoms with E-state index in [-0.39, 0.29) is 0 Å². The maximum Gasteiger partial charge on any atom is 0.0844 e. The molecule has 3 saturated carbocycles. The fourth-order valence-corrected chi connectivity index (χ4v) is 8.77. The monoisotopic (exact) mass is 480 g/mol. The van der Waals surface area contributed by atoms with Crippen LogP contribution in [-0.2, 0) is 33.5 Å². The van der Waals surface area contributed by atoms with E-state index in [0.29, 0.717) is 36.6 Å². The number of aryl methyl sites for hydroxylation is 1. The highest BCUT2D eigenvalue weighted by Crippen LogP contribution is 2.43. The molecule has 7 rings (SSSR count). The van der Waals surface area contributed by atoms with Crippen LogP contribution >= 0.6 is 0 Å². The lowest BCUT2D eigenvalue weighted by Gasteiger charge is -2.25. The molecule has 1 aromatic carbocycles. The summed E-state index contributed by atoms with van der Waals surface area (Å²) in [5, 5.41) is 1.68. The van der Waals surface area contributed by atoms with Crippen molar-refractivity contribution in [1.82, 2.24) is 0 Å². The summed E-state index contributed by atoms with van der Waals surface area (Å²) in [5.41, 5.74) is 5.24. The molecular formula is C30H44O3Si. The number of benzene rings is 1. The molecule has 3 heterocycles. The second-order valence-electron chi connectivity index (χ2n) is 12.8. The van der Waals surface area contributed by atoms with Crippen LogP contribution in [0.4, 0.5) is 0 Å². The molecule has 0 N–H and O–H groups in total. The van der Waals surface area contributed by atoms with E-state index < -0.39 is 0 Å². The number of ether oxygens (including phenoxy) is 3. The van der Waals surface area contributed by atoms with Crippen LogP contribution < -0.4 is 5.19 Å². The first-order chi connectivity index (χ1) is 16.7. The number of fused-ring (bicyclic) bond motifs is 3.